The molecule has 148 valence electrons. The summed E-state index contributed by atoms with van der Waals surface area (Å²) in [7, 11) is 1.32. The molecule has 2 aromatic carbocycles. The first kappa shape index (κ1) is 19.9. The molecule has 0 aliphatic rings. The quantitative estimate of drug-likeness (QED) is 0.598. The minimum atomic E-state index is -0.438. The van der Waals surface area contributed by atoms with Crippen LogP contribution in [-0.4, -0.2) is 35.5 Å². The molecule has 7 nitrogen and oxygen atoms in total. The molecule has 1 heterocycles. The molecule has 0 atom stereocenters. The van der Waals surface area contributed by atoms with Gasteiger partial charge in [-0.2, -0.15) is 0 Å². The summed E-state index contributed by atoms with van der Waals surface area (Å²) in [5.41, 5.74) is 2.14. The lowest BCUT2D eigenvalue weighted by molar-refractivity contribution is 0.0600. The van der Waals surface area contributed by atoms with Gasteiger partial charge in [-0.05, 0) is 42.3 Å². The normalized spacial score (nSPS) is 10.3. The van der Waals surface area contributed by atoms with Crippen LogP contribution in [-0.2, 0) is 11.2 Å². The van der Waals surface area contributed by atoms with Crippen LogP contribution in [0.3, 0.4) is 0 Å². The van der Waals surface area contributed by atoms with Crippen molar-refractivity contribution in [3.63, 3.8) is 0 Å². The van der Waals surface area contributed by atoms with E-state index in [9.17, 15) is 14.0 Å². The van der Waals surface area contributed by atoms with Crippen molar-refractivity contribution in [3.8, 4) is 0 Å². The van der Waals surface area contributed by atoms with Gasteiger partial charge in [-0.15, -0.1) is 0 Å². The van der Waals surface area contributed by atoms with E-state index in [-0.39, 0.29) is 17.4 Å². The van der Waals surface area contributed by atoms with Gasteiger partial charge in [0.1, 0.15) is 17.3 Å². The van der Waals surface area contributed by atoms with Gasteiger partial charge < -0.3 is 15.4 Å². The van der Waals surface area contributed by atoms with Gasteiger partial charge in [-0.25, -0.2) is 19.2 Å². The highest BCUT2D eigenvalue weighted by Crippen LogP contribution is 2.16. The van der Waals surface area contributed by atoms with Crippen molar-refractivity contribution in [2.75, 3.05) is 19.0 Å². The van der Waals surface area contributed by atoms with Gasteiger partial charge in [0.2, 0.25) is 0 Å². The number of esters is 1. The number of nitrogens with zero attached hydrogens (tertiary/aromatic N) is 2. The zero-order valence-electron chi connectivity index (χ0n) is 15.7. The number of hydrogen-bond donors (Lipinski definition) is 2. The Morgan fingerprint density at radius 3 is 2.55 bits per heavy atom. The molecule has 8 heteroatoms. The third-order valence-corrected chi connectivity index (χ3v) is 4.05. The standard InChI is InChI=1S/C21H19FN4O3/c1-29-21(28)15-3-2-4-17(11-15)26-19-13-24-18(12-25-19)20(27)23-10-9-14-5-7-16(22)8-6-14/h2-8,11-13H,9-10H2,1H3,(H,23,27)(H,25,26). The fourth-order valence-electron chi connectivity index (χ4n) is 2.56. The fourth-order valence-corrected chi connectivity index (χ4v) is 2.56. The number of ether oxygens (including phenoxy) is 1. The van der Waals surface area contributed by atoms with E-state index in [0.717, 1.165) is 5.56 Å². The molecule has 0 unspecified atom stereocenters. The number of rotatable bonds is 7. The molecular weight excluding hydrogens is 375 g/mol. The van der Waals surface area contributed by atoms with Crippen LogP contribution in [0.2, 0.25) is 0 Å². The fraction of sp³-hybridized carbons (Fsp3) is 0.143. The zero-order valence-corrected chi connectivity index (χ0v) is 15.7. The molecule has 3 aromatic rings. The average Bonchev–Trinajstić information content (AvgIpc) is 2.75. The minimum absolute atomic E-state index is 0.179. The van der Waals surface area contributed by atoms with Crippen LogP contribution in [0.15, 0.2) is 60.9 Å². The van der Waals surface area contributed by atoms with E-state index in [0.29, 0.717) is 30.0 Å². The van der Waals surface area contributed by atoms with Crippen LogP contribution in [0.1, 0.15) is 26.4 Å². The van der Waals surface area contributed by atoms with Gasteiger partial charge in [0.05, 0.1) is 25.1 Å². The third kappa shape index (κ3) is 5.58. The van der Waals surface area contributed by atoms with Crippen molar-refractivity contribution in [3.05, 3.63) is 83.6 Å². The van der Waals surface area contributed by atoms with Crippen molar-refractivity contribution in [2.24, 2.45) is 0 Å². The monoisotopic (exact) mass is 394 g/mol. The molecule has 2 N–H and O–H groups in total. The van der Waals surface area contributed by atoms with Crippen LogP contribution in [0.4, 0.5) is 15.9 Å². The van der Waals surface area contributed by atoms with Gasteiger partial charge >= 0.3 is 5.97 Å². The lowest BCUT2D eigenvalue weighted by Gasteiger charge is -2.08. The summed E-state index contributed by atoms with van der Waals surface area (Å²) in [5, 5.41) is 5.77. The van der Waals surface area contributed by atoms with Gasteiger partial charge in [0.15, 0.2) is 0 Å². The molecule has 29 heavy (non-hydrogen) atoms. The maximum Gasteiger partial charge on any atom is 0.337 e. The summed E-state index contributed by atoms with van der Waals surface area (Å²) in [6.45, 7) is 0.395. The Bertz CT molecular complexity index is 992. The highest BCUT2D eigenvalue weighted by atomic mass is 19.1. The maximum atomic E-state index is 12.9. The number of nitrogens with one attached hydrogen (secondary N) is 2. The summed E-state index contributed by atoms with van der Waals surface area (Å²) in [6.07, 6.45) is 3.37. The summed E-state index contributed by atoms with van der Waals surface area (Å²) in [5.74, 6) is -0.653. The van der Waals surface area contributed by atoms with Crippen molar-refractivity contribution in [1.82, 2.24) is 15.3 Å². The molecule has 0 radical (unpaired) electrons. The molecule has 0 saturated heterocycles. The van der Waals surface area contributed by atoms with E-state index in [1.54, 1.807) is 36.4 Å². The van der Waals surface area contributed by atoms with Gasteiger partial charge in [0, 0.05) is 12.2 Å². The number of carbonyl (C=O) groups is 2. The summed E-state index contributed by atoms with van der Waals surface area (Å²) in [6, 6.07) is 12.9. The van der Waals surface area contributed by atoms with Crippen molar-refractivity contribution in [1.29, 1.82) is 0 Å². The molecule has 0 fully saturated rings. The second-order valence-corrected chi connectivity index (χ2v) is 6.12. The van der Waals surface area contributed by atoms with Gasteiger partial charge in [-0.3, -0.25) is 4.79 Å². The first-order chi connectivity index (χ1) is 14.0. The maximum absolute atomic E-state index is 12.9. The first-order valence-corrected chi connectivity index (χ1v) is 8.85. The van der Waals surface area contributed by atoms with Crippen molar-refractivity contribution in [2.45, 2.75) is 6.42 Å². The Hall–Kier alpha value is -3.81. The SMILES string of the molecule is COC(=O)c1cccc(Nc2cnc(C(=O)NCCc3ccc(F)cc3)cn2)c1. The highest BCUT2D eigenvalue weighted by molar-refractivity contribution is 5.92. The first-order valence-electron chi connectivity index (χ1n) is 8.85. The molecule has 0 bridgehead atoms. The molecule has 1 amide bonds. The third-order valence-electron chi connectivity index (χ3n) is 4.05. The summed E-state index contributed by atoms with van der Waals surface area (Å²) in [4.78, 5) is 32.0. The summed E-state index contributed by atoms with van der Waals surface area (Å²) < 4.78 is 17.6. The molecule has 1 aromatic heterocycles. The topological polar surface area (TPSA) is 93.2 Å². The second kappa shape index (κ2) is 9.41. The molecule has 0 aliphatic heterocycles. The van der Waals surface area contributed by atoms with Crippen LogP contribution >= 0.6 is 0 Å². The largest absolute Gasteiger partial charge is 0.465 e. The number of halogens is 1. The second-order valence-electron chi connectivity index (χ2n) is 6.12. The molecule has 0 aliphatic carbocycles. The number of benzene rings is 2. The number of aromatic nitrogens is 2. The van der Waals surface area contributed by atoms with E-state index >= 15 is 0 Å². The number of anilines is 2. The van der Waals surface area contributed by atoms with Crippen LogP contribution in [0.5, 0.6) is 0 Å². The predicted molar refractivity (Wildman–Crippen MR) is 106 cm³/mol. The Labute approximate surface area is 167 Å². The number of hydrogen-bond acceptors (Lipinski definition) is 6. The summed E-state index contributed by atoms with van der Waals surface area (Å²) >= 11 is 0. The number of methoxy groups -OCH3 is 1. The molecule has 3 rings (SSSR count). The lowest BCUT2D eigenvalue weighted by Crippen LogP contribution is -2.26. The Kier molecular flexibility index (Phi) is 6.47. The highest BCUT2D eigenvalue weighted by Gasteiger charge is 2.09. The zero-order chi connectivity index (χ0) is 20.6. The number of carbonyl (C=O) groups excluding carboxylic acids is 2. The van der Waals surface area contributed by atoms with Crippen LogP contribution < -0.4 is 10.6 Å². The lowest BCUT2D eigenvalue weighted by atomic mass is 10.1. The Morgan fingerprint density at radius 2 is 1.86 bits per heavy atom. The van der Waals surface area contributed by atoms with E-state index in [4.69, 9.17) is 4.74 Å². The van der Waals surface area contributed by atoms with E-state index in [1.807, 2.05) is 0 Å². The molecule has 0 spiro atoms. The Morgan fingerprint density at radius 1 is 1.07 bits per heavy atom. The minimum Gasteiger partial charge on any atom is -0.465 e. The van der Waals surface area contributed by atoms with E-state index in [1.165, 1.54) is 31.6 Å². The smallest absolute Gasteiger partial charge is 0.337 e. The predicted octanol–water partition coefficient (Wildman–Crippen LogP) is 3.12. The Balaban J connectivity index is 1.54. The van der Waals surface area contributed by atoms with Gasteiger partial charge in [0.25, 0.3) is 5.91 Å². The number of amides is 1. The van der Waals surface area contributed by atoms with Crippen molar-refractivity contribution < 1.29 is 18.7 Å². The average molecular weight is 394 g/mol. The molecule has 0 saturated carbocycles. The van der Waals surface area contributed by atoms with E-state index in [2.05, 4.69) is 20.6 Å². The molecular formula is C21H19FN4O3. The van der Waals surface area contributed by atoms with Crippen LogP contribution in [0.25, 0.3) is 0 Å². The van der Waals surface area contributed by atoms with Crippen LogP contribution in [0, 0.1) is 5.82 Å². The van der Waals surface area contributed by atoms with Gasteiger partial charge in [-0.1, -0.05) is 18.2 Å². The van der Waals surface area contributed by atoms with E-state index < -0.39 is 5.97 Å². The van der Waals surface area contributed by atoms with Crippen molar-refractivity contribution >= 4 is 23.4 Å².